The second kappa shape index (κ2) is 3.99. The third-order valence-corrected chi connectivity index (χ3v) is 1.32. The van der Waals surface area contributed by atoms with Gasteiger partial charge in [0.2, 0.25) is 0 Å². The van der Waals surface area contributed by atoms with E-state index in [0.29, 0.717) is 11.7 Å². The fraction of sp³-hybridized carbons (Fsp3) is 0.500. The van der Waals surface area contributed by atoms with Crippen molar-refractivity contribution in [3.05, 3.63) is 18.3 Å². The number of rotatable bonds is 3. The lowest BCUT2D eigenvalue weighted by Crippen LogP contribution is -2.09. The number of hydrogen-bond donors (Lipinski definition) is 1. The van der Waals surface area contributed by atoms with Gasteiger partial charge in [-0.1, -0.05) is 13.8 Å². The highest BCUT2D eigenvalue weighted by Crippen LogP contribution is 2.02. The molecule has 1 rings (SSSR count). The van der Waals surface area contributed by atoms with Gasteiger partial charge >= 0.3 is 6.08 Å². The molecule has 0 aliphatic rings. The van der Waals surface area contributed by atoms with Crippen LogP contribution in [0.3, 0.4) is 0 Å². The molecule has 0 aliphatic heterocycles. The average Bonchev–Trinajstić information content (AvgIpc) is 2.01. The highest BCUT2D eigenvalue weighted by Gasteiger charge is 1.97. The van der Waals surface area contributed by atoms with Gasteiger partial charge in [-0.15, -0.1) is 0 Å². The number of nitrogens with zero attached hydrogens (tertiary/aromatic N) is 2. The maximum atomic E-state index is 12.4. The molecule has 1 aromatic rings. The Morgan fingerprint density at radius 3 is 2.92 bits per heavy atom. The normalized spacial score (nSPS) is 10.3. The van der Waals surface area contributed by atoms with Crippen LogP contribution in [0.15, 0.2) is 12.3 Å². The van der Waals surface area contributed by atoms with Crippen molar-refractivity contribution in [3.8, 4) is 0 Å². The van der Waals surface area contributed by atoms with Crippen LogP contribution in [0, 0.1) is 12.0 Å². The molecule has 0 saturated carbocycles. The van der Waals surface area contributed by atoms with E-state index in [0.717, 1.165) is 6.54 Å². The van der Waals surface area contributed by atoms with Gasteiger partial charge in [-0.3, -0.25) is 0 Å². The molecular weight excluding hydrogens is 157 g/mol. The van der Waals surface area contributed by atoms with Crippen molar-refractivity contribution in [2.24, 2.45) is 5.92 Å². The Morgan fingerprint density at radius 2 is 2.33 bits per heavy atom. The lowest BCUT2D eigenvalue weighted by molar-refractivity contribution is 0.539. The van der Waals surface area contributed by atoms with E-state index in [1.54, 1.807) is 6.07 Å². The second-order valence-corrected chi connectivity index (χ2v) is 2.99. The van der Waals surface area contributed by atoms with Crippen molar-refractivity contribution in [1.29, 1.82) is 0 Å². The van der Waals surface area contributed by atoms with E-state index in [1.165, 1.54) is 6.20 Å². The molecule has 0 bridgehead atoms. The molecule has 0 fully saturated rings. The molecule has 12 heavy (non-hydrogen) atoms. The lowest BCUT2D eigenvalue weighted by atomic mass is 10.2. The van der Waals surface area contributed by atoms with E-state index in [2.05, 4.69) is 29.1 Å². The Kier molecular flexibility index (Phi) is 2.96. The minimum Gasteiger partial charge on any atom is -0.370 e. The zero-order valence-corrected chi connectivity index (χ0v) is 7.21. The van der Waals surface area contributed by atoms with Gasteiger partial charge in [0.25, 0.3) is 0 Å². The number of nitrogens with one attached hydrogen (secondary N) is 1. The zero-order chi connectivity index (χ0) is 8.97. The molecule has 0 saturated heterocycles. The van der Waals surface area contributed by atoms with Gasteiger partial charge < -0.3 is 5.32 Å². The number of hydrogen-bond acceptors (Lipinski definition) is 3. The first kappa shape index (κ1) is 8.90. The average molecular weight is 169 g/mol. The minimum atomic E-state index is -0.691. The van der Waals surface area contributed by atoms with Gasteiger partial charge in [0.1, 0.15) is 5.82 Å². The van der Waals surface area contributed by atoms with Crippen LogP contribution in [0.25, 0.3) is 0 Å². The Morgan fingerprint density at radius 1 is 1.58 bits per heavy atom. The van der Waals surface area contributed by atoms with Crippen LogP contribution in [-0.2, 0) is 0 Å². The molecule has 0 amide bonds. The molecule has 3 nitrogen and oxygen atoms in total. The SMILES string of the molecule is CC(C)CNc1ccnc(F)n1. The monoisotopic (exact) mass is 169 g/mol. The third kappa shape index (κ3) is 2.82. The largest absolute Gasteiger partial charge is 0.370 e. The van der Waals surface area contributed by atoms with Gasteiger partial charge in [0.15, 0.2) is 0 Å². The van der Waals surface area contributed by atoms with E-state index in [9.17, 15) is 4.39 Å². The van der Waals surface area contributed by atoms with Gasteiger partial charge in [-0.25, -0.2) is 4.98 Å². The summed E-state index contributed by atoms with van der Waals surface area (Å²) in [6.45, 7) is 4.94. The van der Waals surface area contributed by atoms with Crippen molar-refractivity contribution >= 4 is 5.82 Å². The fourth-order valence-electron chi connectivity index (χ4n) is 0.742. The van der Waals surface area contributed by atoms with Crippen LogP contribution in [0.4, 0.5) is 10.2 Å². The summed E-state index contributed by atoms with van der Waals surface area (Å²) in [5, 5.41) is 2.99. The molecular formula is C8H12FN3. The van der Waals surface area contributed by atoms with Crippen LogP contribution in [0.1, 0.15) is 13.8 Å². The Bertz CT molecular complexity index is 250. The summed E-state index contributed by atoms with van der Waals surface area (Å²) in [5.74, 6) is 1.05. The van der Waals surface area contributed by atoms with Crippen molar-refractivity contribution in [2.75, 3.05) is 11.9 Å². The van der Waals surface area contributed by atoms with E-state index < -0.39 is 6.08 Å². The summed E-state index contributed by atoms with van der Waals surface area (Å²) >= 11 is 0. The summed E-state index contributed by atoms with van der Waals surface area (Å²) < 4.78 is 12.4. The van der Waals surface area contributed by atoms with Gasteiger partial charge in [-0.2, -0.15) is 9.37 Å². The molecule has 1 N–H and O–H groups in total. The molecule has 0 radical (unpaired) electrons. The van der Waals surface area contributed by atoms with Crippen molar-refractivity contribution in [2.45, 2.75) is 13.8 Å². The Balaban J connectivity index is 2.52. The first-order chi connectivity index (χ1) is 5.68. The summed E-state index contributed by atoms with van der Waals surface area (Å²) in [6.07, 6.45) is 0.703. The molecule has 66 valence electrons. The van der Waals surface area contributed by atoms with Crippen molar-refractivity contribution in [1.82, 2.24) is 9.97 Å². The van der Waals surface area contributed by atoms with Crippen LogP contribution in [0.5, 0.6) is 0 Å². The predicted octanol–water partition coefficient (Wildman–Crippen LogP) is 1.68. The zero-order valence-electron chi connectivity index (χ0n) is 7.21. The van der Waals surface area contributed by atoms with E-state index in [4.69, 9.17) is 0 Å². The fourth-order valence-corrected chi connectivity index (χ4v) is 0.742. The number of halogens is 1. The summed E-state index contributed by atoms with van der Waals surface area (Å²) in [4.78, 5) is 6.91. The van der Waals surface area contributed by atoms with Gasteiger partial charge in [0, 0.05) is 12.7 Å². The Labute approximate surface area is 71.0 Å². The van der Waals surface area contributed by atoms with Crippen molar-refractivity contribution < 1.29 is 4.39 Å². The van der Waals surface area contributed by atoms with E-state index >= 15 is 0 Å². The number of aromatic nitrogens is 2. The maximum Gasteiger partial charge on any atom is 0.310 e. The molecule has 0 aliphatic carbocycles. The standard InChI is InChI=1S/C8H12FN3/c1-6(2)5-11-7-3-4-10-8(9)12-7/h3-4,6H,5H2,1-2H3,(H,10,11,12). The molecule has 0 aromatic carbocycles. The van der Waals surface area contributed by atoms with E-state index in [-0.39, 0.29) is 0 Å². The van der Waals surface area contributed by atoms with Crippen LogP contribution >= 0.6 is 0 Å². The number of anilines is 1. The first-order valence-corrected chi connectivity index (χ1v) is 3.91. The molecule has 1 aromatic heterocycles. The third-order valence-electron chi connectivity index (χ3n) is 1.32. The van der Waals surface area contributed by atoms with Gasteiger partial charge in [0.05, 0.1) is 0 Å². The van der Waals surface area contributed by atoms with Crippen LogP contribution in [0.2, 0.25) is 0 Å². The molecule has 0 unspecified atom stereocenters. The first-order valence-electron chi connectivity index (χ1n) is 3.91. The second-order valence-electron chi connectivity index (χ2n) is 2.99. The lowest BCUT2D eigenvalue weighted by Gasteiger charge is -2.06. The molecule has 0 atom stereocenters. The smallest absolute Gasteiger partial charge is 0.310 e. The van der Waals surface area contributed by atoms with Crippen molar-refractivity contribution in [3.63, 3.8) is 0 Å². The highest BCUT2D eigenvalue weighted by molar-refractivity contribution is 5.31. The summed E-state index contributed by atoms with van der Waals surface area (Å²) in [5.41, 5.74) is 0. The summed E-state index contributed by atoms with van der Waals surface area (Å²) in [7, 11) is 0. The van der Waals surface area contributed by atoms with Crippen LogP contribution < -0.4 is 5.32 Å². The summed E-state index contributed by atoms with van der Waals surface area (Å²) in [6, 6.07) is 1.64. The maximum absolute atomic E-state index is 12.4. The predicted molar refractivity (Wildman–Crippen MR) is 45.3 cm³/mol. The highest BCUT2D eigenvalue weighted by atomic mass is 19.1. The Hall–Kier alpha value is -1.19. The van der Waals surface area contributed by atoms with E-state index in [1.807, 2.05) is 0 Å². The topological polar surface area (TPSA) is 37.8 Å². The molecule has 4 heteroatoms. The molecule has 1 heterocycles. The van der Waals surface area contributed by atoms with Gasteiger partial charge in [-0.05, 0) is 12.0 Å². The molecule has 0 spiro atoms. The quantitative estimate of drug-likeness (QED) is 0.699. The minimum absolute atomic E-state index is 0.517. The van der Waals surface area contributed by atoms with Crippen LogP contribution in [-0.4, -0.2) is 16.5 Å².